The summed E-state index contributed by atoms with van der Waals surface area (Å²) in [5.74, 6) is 0. The molecule has 90 valence electrons. The summed E-state index contributed by atoms with van der Waals surface area (Å²) in [6, 6.07) is 0. The van der Waals surface area contributed by atoms with Crippen LogP contribution in [0.5, 0.6) is 0 Å². The summed E-state index contributed by atoms with van der Waals surface area (Å²) in [6.45, 7) is 6.98. The molecule has 0 bridgehead atoms. The van der Waals surface area contributed by atoms with E-state index in [0.29, 0.717) is 0 Å². The van der Waals surface area contributed by atoms with E-state index in [-0.39, 0.29) is 0 Å². The van der Waals surface area contributed by atoms with Gasteiger partial charge in [-0.05, 0) is 58.9 Å². The molecular formula is C12H27N3. The molecule has 0 saturated carbocycles. The maximum atomic E-state index is 5.50. The van der Waals surface area contributed by atoms with E-state index in [1.165, 1.54) is 58.3 Å². The van der Waals surface area contributed by atoms with Gasteiger partial charge in [0.25, 0.3) is 0 Å². The van der Waals surface area contributed by atoms with E-state index < -0.39 is 0 Å². The highest BCUT2D eigenvalue weighted by atomic mass is 15.1. The van der Waals surface area contributed by atoms with E-state index in [2.05, 4.69) is 16.8 Å². The summed E-state index contributed by atoms with van der Waals surface area (Å²) < 4.78 is 0. The average molecular weight is 213 g/mol. The van der Waals surface area contributed by atoms with Crippen molar-refractivity contribution >= 4 is 0 Å². The molecule has 1 fully saturated rings. The van der Waals surface area contributed by atoms with Gasteiger partial charge < -0.3 is 15.5 Å². The molecule has 0 aliphatic carbocycles. The molecule has 0 radical (unpaired) electrons. The quantitative estimate of drug-likeness (QED) is 0.644. The maximum Gasteiger partial charge on any atom is 0.0102 e. The number of unbranched alkanes of at least 4 members (excludes halogenated alkanes) is 1. The van der Waals surface area contributed by atoms with Gasteiger partial charge in [-0.25, -0.2) is 0 Å². The van der Waals surface area contributed by atoms with E-state index in [0.717, 1.165) is 13.1 Å². The first-order valence-electron chi connectivity index (χ1n) is 6.44. The van der Waals surface area contributed by atoms with Gasteiger partial charge in [0.15, 0.2) is 0 Å². The molecule has 1 aliphatic rings. The van der Waals surface area contributed by atoms with Crippen LogP contribution in [0.15, 0.2) is 0 Å². The maximum absolute atomic E-state index is 5.50. The number of likely N-dealkylation sites (N-methyl/N-ethyl adjacent to an activating group) is 1. The molecule has 3 heteroatoms. The molecule has 0 atom stereocenters. The molecule has 1 saturated heterocycles. The summed E-state index contributed by atoms with van der Waals surface area (Å²) in [7, 11) is 2.16. The molecule has 3 nitrogen and oxygen atoms in total. The Hall–Kier alpha value is -0.120. The van der Waals surface area contributed by atoms with Crippen LogP contribution in [0.3, 0.4) is 0 Å². The zero-order chi connectivity index (χ0) is 10.9. The second-order valence-corrected chi connectivity index (χ2v) is 4.70. The third-order valence-electron chi connectivity index (χ3n) is 3.22. The molecule has 1 heterocycles. The molecule has 2 N–H and O–H groups in total. The van der Waals surface area contributed by atoms with Crippen LogP contribution in [0, 0.1) is 0 Å². The van der Waals surface area contributed by atoms with Gasteiger partial charge in [0.05, 0.1) is 0 Å². The van der Waals surface area contributed by atoms with Crippen LogP contribution in [0.4, 0.5) is 0 Å². The molecule has 1 aliphatic heterocycles. The molecule has 0 spiro atoms. The summed E-state index contributed by atoms with van der Waals surface area (Å²) in [4.78, 5) is 4.95. The fraction of sp³-hybridized carbons (Fsp3) is 1.00. The van der Waals surface area contributed by atoms with Crippen molar-refractivity contribution < 1.29 is 0 Å². The fourth-order valence-corrected chi connectivity index (χ4v) is 2.23. The lowest BCUT2D eigenvalue weighted by atomic mass is 10.1. The van der Waals surface area contributed by atoms with Gasteiger partial charge in [0.2, 0.25) is 0 Å². The minimum Gasteiger partial charge on any atom is -0.329 e. The Balaban J connectivity index is 1.91. The molecule has 1 rings (SSSR count). The predicted octanol–water partition coefficient (Wildman–Crippen LogP) is 1.14. The third kappa shape index (κ3) is 6.13. The van der Waals surface area contributed by atoms with Crippen molar-refractivity contribution in [2.45, 2.75) is 32.1 Å². The number of hydrogen-bond donors (Lipinski definition) is 1. The van der Waals surface area contributed by atoms with Gasteiger partial charge in [-0.3, -0.25) is 0 Å². The fourth-order valence-electron chi connectivity index (χ4n) is 2.23. The summed E-state index contributed by atoms with van der Waals surface area (Å²) in [6.07, 6.45) is 6.91. The monoisotopic (exact) mass is 213 g/mol. The Bertz CT molecular complexity index is 144. The highest BCUT2D eigenvalue weighted by Crippen LogP contribution is 2.09. The number of nitrogens with two attached hydrogens (primary N) is 1. The van der Waals surface area contributed by atoms with Crippen LogP contribution >= 0.6 is 0 Å². The summed E-state index contributed by atoms with van der Waals surface area (Å²) in [5.41, 5.74) is 5.50. The average Bonchev–Trinajstić information content (AvgIpc) is 2.26. The Morgan fingerprint density at radius 3 is 2.47 bits per heavy atom. The number of nitrogens with zero attached hydrogens (tertiary/aromatic N) is 2. The van der Waals surface area contributed by atoms with Crippen LogP contribution in [0.25, 0.3) is 0 Å². The van der Waals surface area contributed by atoms with Crippen LogP contribution in [-0.2, 0) is 0 Å². The van der Waals surface area contributed by atoms with Crippen LogP contribution in [-0.4, -0.2) is 56.1 Å². The Labute approximate surface area is 94.6 Å². The van der Waals surface area contributed by atoms with E-state index in [4.69, 9.17) is 5.73 Å². The Morgan fingerprint density at radius 1 is 1.07 bits per heavy atom. The topological polar surface area (TPSA) is 32.5 Å². The Morgan fingerprint density at radius 2 is 1.80 bits per heavy atom. The van der Waals surface area contributed by atoms with Crippen LogP contribution in [0.2, 0.25) is 0 Å². The van der Waals surface area contributed by atoms with Gasteiger partial charge in [-0.1, -0.05) is 6.42 Å². The normalized spacial score (nSPS) is 18.6. The van der Waals surface area contributed by atoms with Crippen molar-refractivity contribution in [1.82, 2.24) is 9.80 Å². The first-order valence-corrected chi connectivity index (χ1v) is 6.44. The molecule has 0 aromatic rings. The molecule has 15 heavy (non-hydrogen) atoms. The minimum absolute atomic E-state index is 0.780. The van der Waals surface area contributed by atoms with Crippen molar-refractivity contribution in [3.8, 4) is 0 Å². The standard InChI is InChI=1S/C12H27N3/c1-14(12-7-13)8-5-6-11-15-9-3-2-4-10-15/h2-13H2,1H3. The summed E-state index contributed by atoms with van der Waals surface area (Å²) >= 11 is 0. The van der Waals surface area contributed by atoms with Gasteiger partial charge in [0.1, 0.15) is 0 Å². The molecule has 0 aromatic carbocycles. The zero-order valence-corrected chi connectivity index (χ0v) is 10.2. The lowest BCUT2D eigenvalue weighted by Gasteiger charge is -2.26. The van der Waals surface area contributed by atoms with Crippen molar-refractivity contribution in [1.29, 1.82) is 0 Å². The first kappa shape index (κ1) is 12.9. The van der Waals surface area contributed by atoms with Gasteiger partial charge in [-0.15, -0.1) is 0 Å². The predicted molar refractivity (Wildman–Crippen MR) is 66.1 cm³/mol. The summed E-state index contributed by atoms with van der Waals surface area (Å²) in [5, 5.41) is 0. The number of likely N-dealkylation sites (tertiary alicyclic amines) is 1. The first-order chi connectivity index (χ1) is 7.33. The highest BCUT2D eigenvalue weighted by molar-refractivity contribution is 4.64. The largest absolute Gasteiger partial charge is 0.329 e. The van der Waals surface area contributed by atoms with Crippen molar-refractivity contribution in [2.75, 3.05) is 46.3 Å². The molecule has 0 amide bonds. The lowest BCUT2D eigenvalue weighted by molar-refractivity contribution is 0.219. The van der Waals surface area contributed by atoms with Gasteiger partial charge in [0, 0.05) is 13.1 Å². The number of rotatable bonds is 7. The van der Waals surface area contributed by atoms with E-state index in [9.17, 15) is 0 Å². The van der Waals surface area contributed by atoms with Crippen molar-refractivity contribution in [3.05, 3.63) is 0 Å². The molecule has 0 aromatic heterocycles. The van der Waals surface area contributed by atoms with Crippen molar-refractivity contribution in [3.63, 3.8) is 0 Å². The van der Waals surface area contributed by atoms with Crippen LogP contribution < -0.4 is 5.73 Å². The van der Waals surface area contributed by atoms with E-state index in [1.54, 1.807) is 0 Å². The third-order valence-corrected chi connectivity index (χ3v) is 3.22. The SMILES string of the molecule is CN(CCN)CCCCN1CCCCC1. The Kier molecular flexibility index (Phi) is 6.98. The lowest BCUT2D eigenvalue weighted by Crippen LogP contribution is -2.31. The van der Waals surface area contributed by atoms with E-state index in [1.807, 2.05) is 0 Å². The zero-order valence-electron chi connectivity index (χ0n) is 10.2. The molecule has 0 unspecified atom stereocenters. The van der Waals surface area contributed by atoms with Crippen molar-refractivity contribution in [2.24, 2.45) is 5.73 Å². The minimum atomic E-state index is 0.780. The second kappa shape index (κ2) is 8.08. The van der Waals surface area contributed by atoms with E-state index >= 15 is 0 Å². The molecular weight excluding hydrogens is 186 g/mol. The van der Waals surface area contributed by atoms with Gasteiger partial charge >= 0.3 is 0 Å². The number of piperidine rings is 1. The second-order valence-electron chi connectivity index (χ2n) is 4.70. The number of hydrogen-bond acceptors (Lipinski definition) is 3. The highest BCUT2D eigenvalue weighted by Gasteiger charge is 2.08. The van der Waals surface area contributed by atoms with Crippen LogP contribution in [0.1, 0.15) is 32.1 Å². The smallest absolute Gasteiger partial charge is 0.0102 e. The van der Waals surface area contributed by atoms with Gasteiger partial charge in [-0.2, -0.15) is 0 Å².